The topological polar surface area (TPSA) is 114 Å². The van der Waals surface area contributed by atoms with Gasteiger partial charge in [-0.25, -0.2) is 0 Å². The monoisotopic (exact) mass is 1010 g/mol. The first-order valence-corrected chi connectivity index (χ1v) is 29.7. The molecule has 1 amide bonds. The summed E-state index contributed by atoms with van der Waals surface area (Å²) in [6.07, 6.45) is 67.6. The Hall–Kier alpha value is -3.33. The Morgan fingerprint density at radius 1 is 0.521 bits per heavy atom. The first-order chi connectivity index (χ1) is 34.4. The molecule has 0 aliphatic heterocycles. The Balaban J connectivity index is 5.44. The molecule has 0 aliphatic carbocycles. The van der Waals surface area contributed by atoms with E-state index in [1.807, 2.05) is 88.0 Å². The highest BCUT2D eigenvalue weighted by Crippen LogP contribution is 2.38. The molecule has 0 saturated heterocycles. The summed E-state index contributed by atoms with van der Waals surface area (Å²) in [4.78, 5) is 39.8. The van der Waals surface area contributed by atoms with Crippen LogP contribution in [0.2, 0.25) is 0 Å². The molecular weight excluding hydrogens is 904 g/mol. The van der Waals surface area contributed by atoms with Gasteiger partial charge in [-0.1, -0.05) is 227 Å². The van der Waals surface area contributed by atoms with Gasteiger partial charge in [0.05, 0.1) is 33.8 Å². The second kappa shape index (κ2) is 50.2. The lowest BCUT2D eigenvalue weighted by Crippen LogP contribution is -2.47. The average Bonchev–Trinajstić information content (AvgIpc) is 3.33. The van der Waals surface area contributed by atoms with Gasteiger partial charge in [0.2, 0.25) is 5.91 Å². The number of esters is 1. The molecule has 0 radical (unpaired) electrons. The van der Waals surface area contributed by atoms with Crippen LogP contribution in [0.1, 0.15) is 213 Å². The first-order valence-electron chi connectivity index (χ1n) is 28.3. The number of phosphoric ester groups is 1. The number of unbranched alkanes of at least 4 members (excludes halogenated alkanes) is 22. The molecule has 0 bridgehead atoms. The largest absolute Gasteiger partial charge is 0.756 e. The quantitative estimate of drug-likeness (QED) is 0.0161. The second-order valence-corrected chi connectivity index (χ2v) is 21.3. The summed E-state index contributed by atoms with van der Waals surface area (Å²) in [6.45, 7) is 6.60. The molecule has 406 valence electrons. The molecule has 10 heteroatoms. The van der Waals surface area contributed by atoms with Gasteiger partial charge in [-0.15, -0.1) is 0 Å². The number of quaternary nitrogens is 1. The Morgan fingerprint density at radius 2 is 0.958 bits per heavy atom. The number of nitrogens with zero attached hydrogens (tertiary/aromatic N) is 1. The van der Waals surface area contributed by atoms with E-state index in [4.69, 9.17) is 13.8 Å². The maximum absolute atomic E-state index is 13.5. The number of hydrogen-bond donors (Lipinski definition) is 1. The van der Waals surface area contributed by atoms with Crippen molar-refractivity contribution in [2.75, 3.05) is 40.9 Å². The Kier molecular flexibility index (Phi) is 47.9. The van der Waals surface area contributed by atoms with Crippen molar-refractivity contribution in [1.29, 1.82) is 0 Å². The zero-order valence-electron chi connectivity index (χ0n) is 46.1. The highest BCUT2D eigenvalue weighted by molar-refractivity contribution is 7.45. The van der Waals surface area contributed by atoms with Gasteiger partial charge in [-0.2, -0.15) is 0 Å². The standard InChI is InChI=1S/C61H105N2O7P/c1-7-10-13-16-19-22-25-27-29-31-33-35-38-41-44-47-50-53-60(64)62-58(57-69-71(66,67)68-56-55-63(4,5)6)59(52-49-46-43-40-37-24-21-18-15-12-9-3)70-61(65)54-51-48-45-42-39-36-34-32-30-28-26-23-20-17-14-11-8-2/h11,14,17,19-20,22-23,26-30,32,34,36,39,49,52,58-59H,7-10,12-13,15-16,18,21,24-25,31,33,35,37-38,40-48,50-51,53-57H2,1-6H3,(H-,62,64,66,67)/b14-11-,20-17+,22-19-,26-23+,29-27-,30-28-,34-32+,39-36+,52-49+. The van der Waals surface area contributed by atoms with Crippen molar-refractivity contribution in [1.82, 2.24) is 5.32 Å². The van der Waals surface area contributed by atoms with E-state index < -0.39 is 26.6 Å². The third kappa shape index (κ3) is 51.4. The van der Waals surface area contributed by atoms with E-state index in [9.17, 15) is 19.0 Å². The number of allylic oxidation sites excluding steroid dienone is 17. The summed E-state index contributed by atoms with van der Waals surface area (Å²) in [5.41, 5.74) is 0. The summed E-state index contributed by atoms with van der Waals surface area (Å²) in [5, 5.41) is 3.00. The van der Waals surface area contributed by atoms with Crippen molar-refractivity contribution < 1.29 is 37.3 Å². The summed E-state index contributed by atoms with van der Waals surface area (Å²) in [6, 6.07) is -0.917. The van der Waals surface area contributed by atoms with Gasteiger partial charge < -0.3 is 28.5 Å². The van der Waals surface area contributed by atoms with E-state index in [1.54, 1.807) is 6.08 Å². The first kappa shape index (κ1) is 67.7. The molecular formula is C61H105N2O7P. The van der Waals surface area contributed by atoms with Crippen LogP contribution in [0.4, 0.5) is 0 Å². The summed E-state index contributed by atoms with van der Waals surface area (Å²) in [7, 11) is 1.13. The van der Waals surface area contributed by atoms with Crippen LogP contribution in [-0.2, 0) is 27.9 Å². The van der Waals surface area contributed by atoms with E-state index in [2.05, 4.69) is 62.5 Å². The predicted molar refractivity (Wildman–Crippen MR) is 302 cm³/mol. The van der Waals surface area contributed by atoms with Crippen LogP contribution in [0.3, 0.4) is 0 Å². The number of ether oxygens (including phenoxy) is 1. The highest BCUT2D eigenvalue weighted by atomic mass is 31.2. The molecule has 9 nitrogen and oxygen atoms in total. The molecule has 3 atom stereocenters. The minimum absolute atomic E-state index is 0.0375. The van der Waals surface area contributed by atoms with Crippen molar-refractivity contribution in [3.8, 4) is 0 Å². The van der Waals surface area contributed by atoms with Crippen molar-refractivity contribution in [2.45, 2.75) is 226 Å². The number of carbonyl (C=O) groups is 2. The van der Waals surface area contributed by atoms with Crippen LogP contribution >= 0.6 is 7.82 Å². The van der Waals surface area contributed by atoms with Gasteiger partial charge in [-0.3, -0.25) is 14.2 Å². The van der Waals surface area contributed by atoms with Crippen molar-refractivity contribution >= 4 is 19.7 Å². The summed E-state index contributed by atoms with van der Waals surface area (Å²) in [5.74, 6) is -0.611. The number of phosphoric acid groups is 1. The summed E-state index contributed by atoms with van der Waals surface area (Å²) >= 11 is 0. The molecule has 0 aromatic rings. The van der Waals surface area contributed by atoms with E-state index in [-0.39, 0.29) is 24.9 Å². The van der Waals surface area contributed by atoms with E-state index in [0.717, 1.165) is 83.5 Å². The molecule has 0 fully saturated rings. The number of hydrogen-bond acceptors (Lipinski definition) is 7. The van der Waals surface area contributed by atoms with Gasteiger partial charge in [0.25, 0.3) is 7.82 Å². The minimum atomic E-state index is -4.71. The number of nitrogens with one attached hydrogen (secondary N) is 1. The van der Waals surface area contributed by atoms with Gasteiger partial charge in [0.1, 0.15) is 19.3 Å². The fourth-order valence-electron chi connectivity index (χ4n) is 7.46. The van der Waals surface area contributed by atoms with Gasteiger partial charge >= 0.3 is 5.97 Å². The molecule has 71 heavy (non-hydrogen) atoms. The van der Waals surface area contributed by atoms with Gasteiger partial charge in [0.15, 0.2) is 0 Å². The number of carbonyl (C=O) groups excluding carboxylic acids is 2. The lowest BCUT2D eigenvalue weighted by molar-refractivity contribution is -0.870. The Bertz CT molecular complexity index is 1580. The highest BCUT2D eigenvalue weighted by Gasteiger charge is 2.27. The van der Waals surface area contributed by atoms with Crippen molar-refractivity contribution in [3.63, 3.8) is 0 Å². The average molecular weight is 1010 g/mol. The molecule has 0 aliphatic rings. The molecule has 1 N–H and O–H groups in total. The van der Waals surface area contributed by atoms with Crippen molar-refractivity contribution in [2.24, 2.45) is 0 Å². The normalized spacial score (nSPS) is 14.6. The van der Waals surface area contributed by atoms with Crippen molar-refractivity contribution in [3.05, 3.63) is 109 Å². The third-order valence-corrected chi connectivity index (χ3v) is 12.8. The van der Waals surface area contributed by atoms with Crippen LogP contribution in [0.15, 0.2) is 109 Å². The fourth-order valence-corrected chi connectivity index (χ4v) is 8.19. The maximum atomic E-state index is 13.5. The zero-order valence-corrected chi connectivity index (χ0v) is 47.0. The smallest absolute Gasteiger partial charge is 0.306 e. The minimum Gasteiger partial charge on any atom is -0.756 e. The van der Waals surface area contributed by atoms with E-state index in [1.165, 1.54) is 89.9 Å². The van der Waals surface area contributed by atoms with Crippen LogP contribution < -0.4 is 10.2 Å². The van der Waals surface area contributed by atoms with Crippen LogP contribution in [0.25, 0.3) is 0 Å². The van der Waals surface area contributed by atoms with Gasteiger partial charge in [0, 0.05) is 12.8 Å². The Labute approximate surface area is 436 Å². The molecule has 0 rings (SSSR count). The Morgan fingerprint density at radius 3 is 1.51 bits per heavy atom. The van der Waals surface area contributed by atoms with Crippen LogP contribution in [0, 0.1) is 0 Å². The molecule has 0 heterocycles. The number of amides is 1. The zero-order chi connectivity index (χ0) is 52.2. The van der Waals surface area contributed by atoms with Crippen LogP contribution in [0.5, 0.6) is 0 Å². The number of rotatable bonds is 49. The predicted octanol–water partition coefficient (Wildman–Crippen LogP) is 16.4. The lowest BCUT2D eigenvalue weighted by atomic mass is 10.1. The van der Waals surface area contributed by atoms with Crippen LogP contribution in [-0.4, -0.2) is 69.4 Å². The lowest BCUT2D eigenvalue weighted by Gasteiger charge is -2.30. The summed E-state index contributed by atoms with van der Waals surface area (Å²) < 4.78 is 30.2. The third-order valence-electron chi connectivity index (χ3n) is 11.8. The number of likely N-dealkylation sites (N-methyl/N-ethyl adjacent to an activating group) is 1. The van der Waals surface area contributed by atoms with Gasteiger partial charge in [-0.05, 0) is 83.1 Å². The second-order valence-electron chi connectivity index (χ2n) is 19.9. The molecule has 0 aromatic carbocycles. The fraction of sp³-hybridized carbons (Fsp3) is 0.672. The maximum Gasteiger partial charge on any atom is 0.306 e. The van der Waals surface area contributed by atoms with E-state index >= 15 is 0 Å². The molecule has 0 saturated carbocycles. The molecule has 0 aromatic heterocycles. The molecule has 3 unspecified atom stereocenters. The SMILES string of the molecule is CC\C=C/C=C/C=C/C=C\C=C\C=C\CCCCCC(=O)OC(/C=C/CCCCCCCCCCC)C(COP(=O)([O-])OCC[N+](C)(C)C)NC(=O)CCCCCCCCC/C=C\C/C=C\CCCCC. The van der Waals surface area contributed by atoms with E-state index in [0.29, 0.717) is 23.9 Å². The molecule has 0 spiro atoms.